The van der Waals surface area contributed by atoms with Gasteiger partial charge in [-0.1, -0.05) is 6.42 Å². The predicted octanol–water partition coefficient (Wildman–Crippen LogP) is 2.47. The molecule has 1 aromatic carbocycles. The van der Waals surface area contributed by atoms with Gasteiger partial charge in [0, 0.05) is 36.0 Å². The highest BCUT2D eigenvalue weighted by Gasteiger charge is 2.42. The van der Waals surface area contributed by atoms with Crippen molar-refractivity contribution in [3.8, 4) is 0 Å². The van der Waals surface area contributed by atoms with Gasteiger partial charge in [0.05, 0.1) is 24.8 Å². The lowest BCUT2D eigenvalue weighted by molar-refractivity contribution is -0.149. The van der Waals surface area contributed by atoms with Crippen LogP contribution in [0.1, 0.15) is 64.8 Å². The minimum absolute atomic E-state index is 0.0242. The van der Waals surface area contributed by atoms with Crippen LogP contribution >= 0.6 is 11.8 Å². The van der Waals surface area contributed by atoms with Gasteiger partial charge in [-0.2, -0.15) is 11.8 Å². The van der Waals surface area contributed by atoms with Crippen LogP contribution in [0.25, 0.3) is 0 Å². The normalized spacial score (nSPS) is 20.2. The Labute approximate surface area is 220 Å². The zero-order chi connectivity index (χ0) is 26.6. The van der Waals surface area contributed by atoms with Gasteiger partial charge in [-0.05, 0) is 49.9 Å². The van der Waals surface area contributed by atoms with Gasteiger partial charge in [0.15, 0.2) is 6.79 Å². The molecule has 2 unspecified atom stereocenters. The fraction of sp³-hybridized carbons (Fsp3) is 0.600. The van der Waals surface area contributed by atoms with Crippen molar-refractivity contribution >= 4 is 35.5 Å². The fourth-order valence-corrected chi connectivity index (χ4v) is 5.84. The number of hydrogen-bond donors (Lipinski definition) is 3. The molecule has 2 saturated heterocycles. The van der Waals surface area contributed by atoms with Crippen LogP contribution < -0.4 is 16.1 Å². The molecule has 11 nitrogen and oxygen atoms in total. The maximum absolute atomic E-state index is 12.1. The molecule has 2 aliphatic heterocycles. The van der Waals surface area contributed by atoms with E-state index in [0.29, 0.717) is 47.8 Å². The van der Waals surface area contributed by atoms with Crippen molar-refractivity contribution in [3.63, 3.8) is 0 Å². The molecule has 37 heavy (non-hydrogen) atoms. The van der Waals surface area contributed by atoms with Crippen LogP contribution in [0.15, 0.2) is 18.2 Å². The van der Waals surface area contributed by atoms with Crippen LogP contribution in [0, 0.1) is 6.92 Å². The number of unbranched alkanes of at least 4 members (excludes halogenated alkanes) is 1. The Hall–Kier alpha value is -2.67. The molecule has 3 N–H and O–H groups in total. The number of hydroxylamine groups is 1. The maximum Gasteiger partial charge on any atom is 0.338 e. The summed E-state index contributed by atoms with van der Waals surface area (Å²) >= 11 is 1.89. The van der Waals surface area contributed by atoms with E-state index in [-0.39, 0.29) is 37.5 Å². The average Bonchev–Trinajstić information content (AvgIpc) is 3.44. The highest BCUT2D eigenvalue weighted by molar-refractivity contribution is 8.00. The van der Waals surface area contributed by atoms with Crippen molar-refractivity contribution in [3.05, 3.63) is 34.9 Å². The first-order valence-electron chi connectivity index (χ1n) is 12.4. The van der Waals surface area contributed by atoms with Gasteiger partial charge < -0.3 is 24.8 Å². The van der Waals surface area contributed by atoms with Crippen molar-refractivity contribution in [2.75, 3.05) is 33.1 Å². The molecule has 0 bridgehead atoms. The smallest absolute Gasteiger partial charge is 0.338 e. The number of amides is 3. The van der Waals surface area contributed by atoms with E-state index in [2.05, 4.69) is 20.9 Å². The molecule has 0 radical (unpaired) electrons. The molecule has 0 spiro atoms. The number of methoxy groups -OCH3 is 1. The number of nitrogens with one attached hydrogen (secondary N) is 3. The Morgan fingerprint density at radius 1 is 1.08 bits per heavy atom. The topological polar surface area (TPSA) is 141 Å². The Bertz CT molecular complexity index is 960. The van der Waals surface area contributed by atoms with Gasteiger partial charge in [-0.25, -0.2) is 19.9 Å². The van der Waals surface area contributed by atoms with Gasteiger partial charge in [0.2, 0.25) is 0 Å². The highest BCUT2D eigenvalue weighted by Crippen LogP contribution is 2.33. The number of ketones is 1. The molecule has 0 aliphatic carbocycles. The van der Waals surface area contributed by atoms with Crippen molar-refractivity contribution in [2.45, 2.75) is 62.8 Å². The first-order valence-corrected chi connectivity index (χ1v) is 13.4. The monoisotopic (exact) mass is 537 g/mol. The van der Waals surface area contributed by atoms with Gasteiger partial charge in [-0.3, -0.25) is 9.59 Å². The molecule has 0 saturated carbocycles. The summed E-state index contributed by atoms with van der Waals surface area (Å²) in [5.74, 6) is 0.227. The molecule has 2 fully saturated rings. The van der Waals surface area contributed by atoms with E-state index in [4.69, 9.17) is 14.3 Å². The number of benzene rings is 1. The lowest BCUT2D eigenvalue weighted by atomic mass is 10.0. The maximum atomic E-state index is 12.1. The third kappa shape index (κ3) is 8.99. The van der Waals surface area contributed by atoms with Crippen LogP contribution in [0.3, 0.4) is 0 Å². The molecule has 12 heteroatoms. The summed E-state index contributed by atoms with van der Waals surface area (Å²) in [7, 11) is 1.30. The summed E-state index contributed by atoms with van der Waals surface area (Å²) in [6.45, 7) is 1.87. The second-order valence-corrected chi connectivity index (χ2v) is 10.2. The molecule has 2 heterocycles. The SMILES string of the molecule is COC(=O)c1ccc(C(=O)NOCOCOCCCC(=O)CCCC[C@H]2SCC3NC(=O)NC32)cc1C. The Balaban J connectivity index is 1.14. The zero-order valence-corrected chi connectivity index (χ0v) is 22.0. The summed E-state index contributed by atoms with van der Waals surface area (Å²) in [5, 5.41) is 6.35. The summed E-state index contributed by atoms with van der Waals surface area (Å²) < 4.78 is 15.2. The van der Waals surface area contributed by atoms with Crippen molar-refractivity contribution in [2.24, 2.45) is 0 Å². The number of carbonyl (C=O) groups excluding carboxylic acids is 4. The summed E-state index contributed by atoms with van der Waals surface area (Å²) in [6, 6.07) is 4.96. The first kappa shape index (κ1) is 28.9. The molecule has 0 aromatic heterocycles. The number of ether oxygens (including phenoxy) is 3. The van der Waals surface area contributed by atoms with Crippen molar-refractivity contribution in [1.29, 1.82) is 0 Å². The number of urea groups is 1. The van der Waals surface area contributed by atoms with Crippen LogP contribution in [0.4, 0.5) is 4.79 Å². The zero-order valence-electron chi connectivity index (χ0n) is 21.2. The molecular formula is C25H35N3O8S. The van der Waals surface area contributed by atoms with Crippen molar-refractivity contribution < 1.29 is 38.2 Å². The number of Topliss-reactive ketones (excluding diaryl/α,β-unsaturated/α-hetero) is 1. The number of thioether (sulfide) groups is 1. The summed E-state index contributed by atoms with van der Waals surface area (Å²) in [5.41, 5.74) is 3.59. The molecule has 3 amide bonds. The van der Waals surface area contributed by atoms with Gasteiger partial charge >= 0.3 is 12.0 Å². The van der Waals surface area contributed by atoms with E-state index in [1.54, 1.807) is 13.0 Å². The highest BCUT2D eigenvalue weighted by atomic mass is 32.2. The molecule has 204 valence electrons. The van der Waals surface area contributed by atoms with E-state index in [0.717, 1.165) is 25.0 Å². The van der Waals surface area contributed by atoms with Crippen LogP contribution in [0.2, 0.25) is 0 Å². The van der Waals surface area contributed by atoms with E-state index < -0.39 is 11.9 Å². The average molecular weight is 538 g/mol. The molecule has 2 aliphatic rings. The van der Waals surface area contributed by atoms with E-state index in [1.165, 1.54) is 19.2 Å². The fourth-order valence-electron chi connectivity index (χ4n) is 4.30. The second kappa shape index (κ2) is 14.9. The van der Waals surface area contributed by atoms with Gasteiger partial charge in [-0.15, -0.1) is 0 Å². The minimum Gasteiger partial charge on any atom is -0.465 e. The lowest BCUT2D eigenvalue weighted by Crippen LogP contribution is -2.36. The third-order valence-corrected chi connectivity index (χ3v) is 7.75. The first-order chi connectivity index (χ1) is 17.9. The number of esters is 1. The number of carbonyl (C=O) groups is 4. The van der Waals surface area contributed by atoms with E-state index >= 15 is 0 Å². The van der Waals surface area contributed by atoms with Gasteiger partial charge in [0.25, 0.3) is 5.91 Å². The molecular weight excluding hydrogens is 502 g/mol. The van der Waals surface area contributed by atoms with Crippen LogP contribution in [-0.2, 0) is 23.8 Å². The predicted molar refractivity (Wildman–Crippen MR) is 136 cm³/mol. The van der Waals surface area contributed by atoms with Crippen LogP contribution in [-0.4, -0.2) is 74.1 Å². The standard InChI is InChI=1S/C25H35N3O8S/c1-16-12-17(9-10-19(16)24(31)33-2)23(30)28-36-15-35-14-34-11-5-7-18(29)6-3-4-8-21-22-20(13-37-21)26-25(32)27-22/h9-10,12,20-22H,3-8,11,13-15H2,1-2H3,(H,28,30)(H2,26,27,32)/t20?,21-,22?/m1/s1. The van der Waals surface area contributed by atoms with Crippen LogP contribution in [0.5, 0.6) is 0 Å². The number of hydrogen-bond acceptors (Lipinski definition) is 9. The number of aryl methyl sites for hydroxylation is 1. The number of rotatable bonds is 16. The Kier molecular flexibility index (Phi) is 11.6. The molecule has 3 rings (SSSR count). The largest absolute Gasteiger partial charge is 0.465 e. The quantitative estimate of drug-likeness (QED) is 0.0953. The Morgan fingerprint density at radius 3 is 2.68 bits per heavy atom. The van der Waals surface area contributed by atoms with Gasteiger partial charge in [0.1, 0.15) is 12.6 Å². The summed E-state index contributed by atoms with van der Waals surface area (Å²) in [6.07, 6.45) is 4.47. The van der Waals surface area contributed by atoms with Crippen molar-refractivity contribution in [1.82, 2.24) is 16.1 Å². The van der Waals surface area contributed by atoms with E-state index in [1.807, 2.05) is 11.8 Å². The second-order valence-electron chi connectivity index (χ2n) is 8.95. The summed E-state index contributed by atoms with van der Waals surface area (Å²) in [4.78, 5) is 52.2. The molecule has 1 aromatic rings. The lowest BCUT2D eigenvalue weighted by Gasteiger charge is -2.16. The minimum atomic E-state index is -0.476. The number of fused-ring (bicyclic) bond motifs is 1. The van der Waals surface area contributed by atoms with E-state index in [9.17, 15) is 19.2 Å². The third-order valence-electron chi connectivity index (χ3n) is 6.24. The Morgan fingerprint density at radius 2 is 1.89 bits per heavy atom. The molecule has 3 atom stereocenters.